The first-order chi connectivity index (χ1) is 8.83. The summed E-state index contributed by atoms with van der Waals surface area (Å²) >= 11 is 0. The van der Waals surface area contributed by atoms with Crippen molar-refractivity contribution in [1.82, 2.24) is 0 Å². The molecule has 2 N–H and O–H groups in total. The van der Waals surface area contributed by atoms with E-state index in [2.05, 4.69) is 0 Å². The van der Waals surface area contributed by atoms with Gasteiger partial charge in [0.25, 0.3) is 0 Å². The number of aliphatic hydroxyl groups is 2. The zero-order valence-corrected chi connectivity index (χ0v) is 10.2. The average molecular weight is 242 g/mol. The highest BCUT2D eigenvalue weighted by atomic mass is 16.3. The van der Waals surface area contributed by atoms with Crippen LogP contribution in [0.5, 0.6) is 0 Å². The van der Waals surface area contributed by atoms with Crippen LogP contribution in [0.2, 0.25) is 0 Å². The van der Waals surface area contributed by atoms with Crippen molar-refractivity contribution >= 4 is 0 Å². The van der Waals surface area contributed by atoms with E-state index >= 15 is 0 Å². The molecule has 0 aliphatic heterocycles. The zero-order valence-electron chi connectivity index (χ0n) is 10.2. The van der Waals surface area contributed by atoms with Gasteiger partial charge in [-0.25, -0.2) is 0 Å². The van der Waals surface area contributed by atoms with E-state index in [0.717, 1.165) is 11.1 Å². The lowest BCUT2D eigenvalue weighted by molar-refractivity contribution is 0.127. The standard InChI is InChI=1S/C16H18O2/c17-12-11-15(13-7-3-1-4-8-13)16(18)14-9-5-2-6-10-14/h1-10,15-18H,11-12H2. The summed E-state index contributed by atoms with van der Waals surface area (Å²) in [4.78, 5) is 0. The summed E-state index contributed by atoms with van der Waals surface area (Å²) in [5, 5.41) is 19.6. The third-order valence-corrected chi connectivity index (χ3v) is 3.19. The fourth-order valence-corrected chi connectivity index (χ4v) is 2.23. The van der Waals surface area contributed by atoms with Crippen LogP contribution in [-0.2, 0) is 0 Å². The lowest BCUT2D eigenvalue weighted by atomic mass is 9.87. The van der Waals surface area contributed by atoms with E-state index in [4.69, 9.17) is 0 Å². The summed E-state index contributed by atoms with van der Waals surface area (Å²) in [6, 6.07) is 19.4. The van der Waals surface area contributed by atoms with Gasteiger partial charge in [0, 0.05) is 12.5 Å². The van der Waals surface area contributed by atoms with Crippen molar-refractivity contribution < 1.29 is 10.2 Å². The van der Waals surface area contributed by atoms with Crippen LogP contribution in [0.3, 0.4) is 0 Å². The van der Waals surface area contributed by atoms with Crippen molar-refractivity contribution in [3.05, 3.63) is 71.8 Å². The Kier molecular flexibility index (Phi) is 4.51. The van der Waals surface area contributed by atoms with Gasteiger partial charge in [0.2, 0.25) is 0 Å². The average Bonchev–Trinajstić information content (AvgIpc) is 2.46. The van der Waals surface area contributed by atoms with Crippen LogP contribution in [0.4, 0.5) is 0 Å². The minimum absolute atomic E-state index is 0.0707. The molecule has 0 bridgehead atoms. The topological polar surface area (TPSA) is 40.5 Å². The highest BCUT2D eigenvalue weighted by molar-refractivity contribution is 5.26. The van der Waals surface area contributed by atoms with Crippen molar-refractivity contribution in [2.45, 2.75) is 18.4 Å². The molecule has 0 aromatic heterocycles. The number of benzene rings is 2. The van der Waals surface area contributed by atoms with Gasteiger partial charge >= 0.3 is 0 Å². The normalized spacial score (nSPS) is 14.1. The van der Waals surface area contributed by atoms with E-state index in [-0.39, 0.29) is 12.5 Å². The SMILES string of the molecule is OCCC(c1ccccc1)C(O)c1ccccc1. The lowest BCUT2D eigenvalue weighted by Gasteiger charge is -2.23. The number of hydrogen-bond acceptors (Lipinski definition) is 2. The molecule has 0 radical (unpaired) electrons. The fraction of sp³-hybridized carbons (Fsp3) is 0.250. The Morgan fingerprint density at radius 2 is 1.28 bits per heavy atom. The van der Waals surface area contributed by atoms with Gasteiger partial charge in [0.05, 0.1) is 6.10 Å². The van der Waals surface area contributed by atoms with Crippen molar-refractivity contribution in [1.29, 1.82) is 0 Å². The van der Waals surface area contributed by atoms with E-state index in [9.17, 15) is 10.2 Å². The molecule has 2 aromatic carbocycles. The molecule has 0 spiro atoms. The molecule has 2 atom stereocenters. The minimum Gasteiger partial charge on any atom is -0.396 e. The van der Waals surface area contributed by atoms with Crippen molar-refractivity contribution in [2.24, 2.45) is 0 Å². The van der Waals surface area contributed by atoms with Crippen LogP contribution in [0.1, 0.15) is 29.6 Å². The Hall–Kier alpha value is -1.64. The smallest absolute Gasteiger partial charge is 0.0859 e. The van der Waals surface area contributed by atoms with Crippen LogP contribution in [-0.4, -0.2) is 16.8 Å². The van der Waals surface area contributed by atoms with Crippen molar-refractivity contribution in [2.75, 3.05) is 6.61 Å². The largest absolute Gasteiger partial charge is 0.396 e. The molecule has 0 saturated heterocycles. The number of aliphatic hydroxyl groups excluding tert-OH is 2. The predicted octanol–water partition coefficient (Wildman–Crippen LogP) is 2.89. The second-order valence-corrected chi connectivity index (χ2v) is 4.38. The molecule has 0 fully saturated rings. The van der Waals surface area contributed by atoms with Gasteiger partial charge in [0.15, 0.2) is 0 Å². The molecule has 0 saturated carbocycles. The van der Waals surface area contributed by atoms with Gasteiger partial charge in [-0.3, -0.25) is 0 Å². The molecule has 0 heterocycles. The highest BCUT2D eigenvalue weighted by Gasteiger charge is 2.21. The summed E-state index contributed by atoms with van der Waals surface area (Å²) in [5.74, 6) is -0.0707. The monoisotopic (exact) mass is 242 g/mol. The van der Waals surface area contributed by atoms with Gasteiger partial charge in [-0.05, 0) is 17.5 Å². The molecule has 2 nitrogen and oxygen atoms in total. The van der Waals surface area contributed by atoms with Crippen LogP contribution >= 0.6 is 0 Å². The van der Waals surface area contributed by atoms with Gasteiger partial charge in [0.1, 0.15) is 0 Å². The maximum absolute atomic E-state index is 10.5. The zero-order chi connectivity index (χ0) is 12.8. The Bertz CT molecular complexity index is 453. The highest BCUT2D eigenvalue weighted by Crippen LogP contribution is 2.33. The Morgan fingerprint density at radius 1 is 0.778 bits per heavy atom. The quantitative estimate of drug-likeness (QED) is 0.846. The first-order valence-electron chi connectivity index (χ1n) is 6.21. The van der Waals surface area contributed by atoms with E-state index in [1.807, 2.05) is 60.7 Å². The molecule has 0 aliphatic carbocycles. The van der Waals surface area contributed by atoms with E-state index in [0.29, 0.717) is 6.42 Å². The van der Waals surface area contributed by atoms with Gasteiger partial charge in [-0.1, -0.05) is 60.7 Å². The summed E-state index contributed by atoms with van der Waals surface area (Å²) < 4.78 is 0. The molecule has 0 amide bonds. The third kappa shape index (κ3) is 2.97. The Balaban J connectivity index is 2.26. The van der Waals surface area contributed by atoms with E-state index in [1.54, 1.807) is 0 Å². The van der Waals surface area contributed by atoms with Gasteiger partial charge in [-0.15, -0.1) is 0 Å². The van der Waals surface area contributed by atoms with Crippen LogP contribution in [0, 0.1) is 0 Å². The predicted molar refractivity (Wildman–Crippen MR) is 72.3 cm³/mol. The van der Waals surface area contributed by atoms with E-state index in [1.165, 1.54) is 0 Å². The maximum Gasteiger partial charge on any atom is 0.0859 e. The van der Waals surface area contributed by atoms with Gasteiger partial charge in [-0.2, -0.15) is 0 Å². The molecule has 2 unspecified atom stereocenters. The van der Waals surface area contributed by atoms with Crippen molar-refractivity contribution in [3.63, 3.8) is 0 Å². The molecular formula is C16H18O2. The maximum atomic E-state index is 10.5. The molecule has 0 aliphatic rings. The third-order valence-electron chi connectivity index (χ3n) is 3.19. The molecular weight excluding hydrogens is 224 g/mol. The van der Waals surface area contributed by atoms with Crippen LogP contribution < -0.4 is 0 Å². The summed E-state index contributed by atoms with van der Waals surface area (Å²) in [6.07, 6.45) is -0.0270. The summed E-state index contributed by atoms with van der Waals surface area (Å²) in [7, 11) is 0. The Labute approximate surface area is 108 Å². The Morgan fingerprint density at radius 3 is 1.78 bits per heavy atom. The summed E-state index contributed by atoms with van der Waals surface area (Å²) in [6.45, 7) is 0.0729. The molecule has 2 heteroatoms. The molecule has 2 rings (SSSR count). The molecule has 94 valence electrons. The van der Waals surface area contributed by atoms with Crippen LogP contribution in [0.25, 0.3) is 0 Å². The second-order valence-electron chi connectivity index (χ2n) is 4.38. The minimum atomic E-state index is -0.583. The van der Waals surface area contributed by atoms with Crippen molar-refractivity contribution in [3.8, 4) is 0 Å². The first-order valence-corrected chi connectivity index (χ1v) is 6.21. The molecule has 2 aromatic rings. The van der Waals surface area contributed by atoms with Crippen LogP contribution in [0.15, 0.2) is 60.7 Å². The number of rotatable bonds is 5. The number of hydrogen-bond donors (Lipinski definition) is 2. The first kappa shape index (κ1) is 12.8. The van der Waals surface area contributed by atoms with E-state index < -0.39 is 6.10 Å². The fourth-order valence-electron chi connectivity index (χ4n) is 2.23. The van der Waals surface area contributed by atoms with Gasteiger partial charge < -0.3 is 10.2 Å². The molecule has 18 heavy (non-hydrogen) atoms. The second kappa shape index (κ2) is 6.34. The summed E-state index contributed by atoms with van der Waals surface area (Å²) in [5.41, 5.74) is 1.95. The lowest BCUT2D eigenvalue weighted by Crippen LogP contribution is -2.12.